The van der Waals surface area contributed by atoms with Crippen LogP contribution in [0.3, 0.4) is 0 Å². The van der Waals surface area contributed by atoms with Crippen molar-refractivity contribution in [2.45, 2.75) is 47.6 Å². The Morgan fingerprint density at radius 2 is 1.76 bits per heavy atom. The molecule has 1 aliphatic heterocycles. The van der Waals surface area contributed by atoms with E-state index in [4.69, 9.17) is 0 Å². The van der Waals surface area contributed by atoms with Crippen LogP contribution in [0.25, 0.3) is 0 Å². The summed E-state index contributed by atoms with van der Waals surface area (Å²) in [6.07, 6.45) is 0. The molecule has 2 atom stereocenters. The molecule has 2 rings (SSSR count). The first-order chi connectivity index (χ1) is 9.74. The van der Waals surface area contributed by atoms with Crippen molar-refractivity contribution in [1.29, 1.82) is 0 Å². The highest BCUT2D eigenvalue weighted by molar-refractivity contribution is 5.48. The molecule has 2 N–H and O–H groups in total. The van der Waals surface area contributed by atoms with Crippen molar-refractivity contribution >= 4 is 5.69 Å². The summed E-state index contributed by atoms with van der Waals surface area (Å²) in [4.78, 5) is 3.99. The lowest BCUT2D eigenvalue weighted by atomic mass is 9.86. The maximum Gasteiger partial charge on any atom is 0.138 e. The van der Waals surface area contributed by atoms with Crippen LogP contribution in [0.5, 0.6) is 0 Å². The van der Waals surface area contributed by atoms with Crippen molar-refractivity contribution in [1.82, 2.24) is 4.90 Å². The second kappa shape index (κ2) is 6.07. The van der Waals surface area contributed by atoms with E-state index < -0.39 is 0 Å². The molecule has 1 aromatic carbocycles. The quantitative estimate of drug-likeness (QED) is 0.889. The molecule has 1 aromatic rings. The van der Waals surface area contributed by atoms with Gasteiger partial charge in [-0.15, -0.1) is 0 Å². The number of rotatable bonds is 3. The van der Waals surface area contributed by atoms with Gasteiger partial charge in [-0.3, -0.25) is 4.90 Å². The molecule has 1 unspecified atom stereocenters. The summed E-state index contributed by atoms with van der Waals surface area (Å²) in [6.45, 7) is 16.7. The molecule has 0 spiro atoms. The second-order valence-electron chi connectivity index (χ2n) is 7.66. The average Bonchev–Trinajstić information content (AvgIpc) is 2.75. The van der Waals surface area contributed by atoms with E-state index in [9.17, 15) is 5.11 Å². The SMILES string of the molecule is Cc1cc(C)c([NH+]2CCN([C@H](CO)C(C)(C)C)C2)c(C)c1. The lowest BCUT2D eigenvalue weighted by Gasteiger charge is -2.35. The van der Waals surface area contributed by atoms with Crippen molar-refractivity contribution in [2.75, 3.05) is 26.4 Å². The van der Waals surface area contributed by atoms with Crippen LogP contribution in [-0.2, 0) is 0 Å². The highest BCUT2D eigenvalue weighted by Crippen LogP contribution is 2.25. The molecule has 1 fully saturated rings. The minimum atomic E-state index is 0.113. The fraction of sp³-hybridized carbons (Fsp3) is 0.667. The summed E-state index contributed by atoms with van der Waals surface area (Å²) in [5.41, 5.74) is 5.68. The van der Waals surface area contributed by atoms with Crippen LogP contribution in [0.2, 0.25) is 0 Å². The Bertz CT molecular complexity index is 481. The summed E-state index contributed by atoms with van der Waals surface area (Å²) in [7, 11) is 0. The zero-order valence-corrected chi connectivity index (χ0v) is 14.5. The van der Waals surface area contributed by atoms with E-state index in [1.807, 2.05) is 0 Å². The smallest absolute Gasteiger partial charge is 0.138 e. The first-order valence-electron chi connectivity index (χ1n) is 8.02. The van der Waals surface area contributed by atoms with Crippen molar-refractivity contribution in [3.05, 3.63) is 28.8 Å². The maximum absolute atomic E-state index is 9.77. The number of aryl methyl sites for hydroxylation is 3. The lowest BCUT2D eigenvalue weighted by Crippen LogP contribution is -3.06. The monoisotopic (exact) mass is 291 g/mol. The Hall–Kier alpha value is -0.900. The van der Waals surface area contributed by atoms with Gasteiger partial charge in [0.05, 0.1) is 19.7 Å². The molecule has 3 nitrogen and oxygen atoms in total. The summed E-state index contributed by atoms with van der Waals surface area (Å²) in [6, 6.07) is 4.80. The zero-order valence-electron chi connectivity index (χ0n) is 14.5. The summed E-state index contributed by atoms with van der Waals surface area (Å²) >= 11 is 0. The van der Waals surface area contributed by atoms with Crippen LogP contribution in [0.15, 0.2) is 12.1 Å². The van der Waals surface area contributed by atoms with Gasteiger partial charge in [-0.05, 0) is 26.2 Å². The molecule has 0 amide bonds. The molecular weight excluding hydrogens is 260 g/mol. The molecule has 21 heavy (non-hydrogen) atoms. The van der Waals surface area contributed by atoms with Gasteiger partial charge in [0.2, 0.25) is 0 Å². The summed E-state index contributed by atoms with van der Waals surface area (Å²) in [5.74, 6) is 0. The number of nitrogens with one attached hydrogen (secondary N) is 1. The molecule has 3 heteroatoms. The van der Waals surface area contributed by atoms with Gasteiger partial charge in [-0.25, -0.2) is 4.90 Å². The number of aliphatic hydroxyl groups excluding tert-OH is 1. The van der Waals surface area contributed by atoms with Crippen molar-refractivity contribution in [3.63, 3.8) is 0 Å². The lowest BCUT2D eigenvalue weighted by molar-refractivity contribution is -0.824. The predicted molar refractivity (Wildman–Crippen MR) is 88.0 cm³/mol. The van der Waals surface area contributed by atoms with Gasteiger partial charge in [0.25, 0.3) is 0 Å². The topological polar surface area (TPSA) is 27.9 Å². The molecule has 1 aliphatic rings. The third-order valence-corrected chi connectivity index (χ3v) is 4.74. The van der Waals surface area contributed by atoms with E-state index in [-0.39, 0.29) is 18.1 Å². The Kier molecular flexibility index (Phi) is 4.76. The van der Waals surface area contributed by atoms with E-state index in [2.05, 4.69) is 58.6 Å². The first kappa shape index (κ1) is 16.5. The largest absolute Gasteiger partial charge is 0.395 e. The van der Waals surface area contributed by atoms with E-state index >= 15 is 0 Å². The third-order valence-electron chi connectivity index (χ3n) is 4.74. The van der Waals surface area contributed by atoms with Crippen LogP contribution >= 0.6 is 0 Å². The summed E-state index contributed by atoms with van der Waals surface area (Å²) < 4.78 is 0. The fourth-order valence-electron chi connectivity index (χ4n) is 3.83. The highest BCUT2D eigenvalue weighted by atomic mass is 16.3. The summed E-state index contributed by atoms with van der Waals surface area (Å²) in [5, 5.41) is 9.77. The number of aliphatic hydroxyl groups is 1. The minimum Gasteiger partial charge on any atom is -0.395 e. The molecule has 0 radical (unpaired) electrons. The Morgan fingerprint density at radius 1 is 1.19 bits per heavy atom. The Balaban J connectivity index is 2.20. The van der Waals surface area contributed by atoms with Crippen molar-refractivity contribution in [2.24, 2.45) is 5.41 Å². The normalized spacial score (nSPS) is 21.8. The highest BCUT2D eigenvalue weighted by Gasteiger charge is 2.37. The van der Waals surface area contributed by atoms with Crippen molar-refractivity contribution in [3.8, 4) is 0 Å². The molecular formula is C18H31N2O+. The molecule has 0 aliphatic carbocycles. The minimum absolute atomic E-state index is 0.113. The van der Waals surface area contributed by atoms with Crippen LogP contribution in [0.1, 0.15) is 37.5 Å². The Labute approximate surface area is 129 Å². The average molecular weight is 291 g/mol. The Morgan fingerprint density at radius 3 is 2.24 bits per heavy atom. The molecule has 1 heterocycles. The van der Waals surface area contributed by atoms with Gasteiger partial charge >= 0.3 is 0 Å². The van der Waals surface area contributed by atoms with Gasteiger partial charge in [0.1, 0.15) is 12.4 Å². The van der Waals surface area contributed by atoms with Gasteiger partial charge in [0, 0.05) is 17.2 Å². The molecule has 0 aromatic heterocycles. The van der Waals surface area contributed by atoms with Crippen LogP contribution in [0.4, 0.5) is 5.69 Å². The van der Waals surface area contributed by atoms with Gasteiger partial charge < -0.3 is 5.11 Å². The number of quaternary nitrogens is 1. The number of benzene rings is 1. The van der Waals surface area contributed by atoms with Gasteiger partial charge in [-0.2, -0.15) is 0 Å². The fourth-order valence-corrected chi connectivity index (χ4v) is 3.83. The number of hydrogen-bond acceptors (Lipinski definition) is 2. The van der Waals surface area contributed by atoms with Gasteiger partial charge in [-0.1, -0.05) is 38.5 Å². The van der Waals surface area contributed by atoms with Gasteiger partial charge in [0.15, 0.2) is 0 Å². The molecule has 0 bridgehead atoms. The van der Waals surface area contributed by atoms with E-state index in [1.165, 1.54) is 27.3 Å². The maximum atomic E-state index is 9.77. The number of hydrogen-bond donors (Lipinski definition) is 2. The van der Waals surface area contributed by atoms with Crippen LogP contribution < -0.4 is 4.90 Å². The second-order valence-corrected chi connectivity index (χ2v) is 7.66. The standard InChI is InChI=1S/C18H30N2O/c1-13-9-14(2)17(15(3)10-13)20-8-7-19(12-20)16(11-21)18(4,5)6/h9-10,16,21H,7-8,11-12H2,1-6H3/p+1/t16-/m1/s1. The molecule has 0 saturated carbocycles. The van der Waals surface area contributed by atoms with Crippen LogP contribution in [-0.4, -0.2) is 42.4 Å². The van der Waals surface area contributed by atoms with E-state index in [0.29, 0.717) is 0 Å². The van der Waals surface area contributed by atoms with Crippen molar-refractivity contribution < 1.29 is 10.0 Å². The zero-order chi connectivity index (χ0) is 15.8. The molecule has 118 valence electrons. The third kappa shape index (κ3) is 3.47. The first-order valence-corrected chi connectivity index (χ1v) is 8.02. The molecule has 1 saturated heterocycles. The van der Waals surface area contributed by atoms with Crippen LogP contribution in [0, 0.1) is 26.2 Å². The van der Waals surface area contributed by atoms with E-state index in [0.717, 1.165) is 19.8 Å². The predicted octanol–water partition coefficient (Wildman–Crippen LogP) is 1.81. The number of nitrogens with zero attached hydrogens (tertiary/aromatic N) is 1. The van der Waals surface area contributed by atoms with E-state index in [1.54, 1.807) is 0 Å².